The zero-order chi connectivity index (χ0) is 32.3. The number of ether oxygens (including phenoxy) is 2. The van der Waals surface area contributed by atoms with E-state index in [9.17, 15) is 13.6 Å². The maximum atomic E-state index is 14.9. The zero-order valence-electron chi connectivity index (χ0n) is 27.4. The quantitative estimate of drug-likeness (QED) is 0.0623. The van der Waals surface area contributed by atoms with E-state index >= 15 is 0 Å². The fourth-order valence-corrected chi connectivity index (χ4v) is 6.24. The molecule has 4 N–H and O–H groups in total. The highest BCUT2D eigenvalue weighted by molar-refractivity contribution is 5.87. The average molecular weight is 627 g/mol. The van der Waals surface area contributed by atoms with Crippen LogP contribution in [0.3, 0.4) is 0 Å². The minimum atomic E-state index is -3.18. The topological polar surface area (TPSA) is 87.6 Å². The normalized spacial score (nSPS) is 17.0. The number of halogens is 2. The van der Waals surface area contributed by atoms with Crippen LogP contribution in [-0.4, -0.2) is 18.7 Å². The molecule has 0 spiro atoms. The van der Waals surface area contributed by atoms with Crippen LogP contribution in [0.4, 0.5) is 20.2 Å². The second-order valence-corrected chi connectivity index (χ2v) is 12.8. The number of aryl methyl sites for hydroxylation is 1. The molecule has 2 aromatic carbocycles. The van der Waals surface area contributed by atoms with Crippen molar-refractivity contribution in [2.24, 2.45) is 11.8 Å². The van der Waals surface area contributed by atoms with Crippen LogP contribution in [0.5, 0.6) is 5.75 Å². The first-order chi connectivity index (χ1) is 21.8. The summed E-state index contributed by atoms with van der Waals surface area (Å²) in [5, 5.41) is 0. The number of anilines is 2. The summed E-state index contributed by atoms with van der Waals surface area (Å²) in [4.78, 5) is 12.1. The van der Waals surface area contributed by atoms with Gasteiger partial charge in [-0.1, -0.05) is 95.8 Å². The van der Waals surface area contributed by atoms with Gasteiger partial charge in [-0.2, -0.15) is 8.78 Å². The average Bonchev–Trinajstić information content (AvgIpc) is 3.02. The Morgan fingerprint density at radius 2 is 1.49 bits per heavy atom. The number of hydrogen-bond acceptors (Lipinski definition) is 5. The summed E-state index contributed by atoms with van der Waals surface area (Å²) in [6.45, 7) is 2.60. The van der Waals surface area contributed by atoms with Gasteiger partial charge in [0.15, 0.2) is 0 Å². The number of rotatable bonds is 21. The Labute approximate surface area is 270 Å². The van der Waals surface area contributed by atoms with Crippen molar-refractivity contribution in [3.8, 4) is 5.75 Å². The van der Waals surface area contributed by atoms with Crippen LogP contribution in [0.1, 0.15) is 127 Å². The summed E-state index contributed by atoms with van der Waals surface area (Å²) in [5.41, 5.74) is 15.2. The highest BCUT2D eigenvalue weighted by Gasteiger charge is 2.43. The number of alkyl halides is 2. The molecule has 0 atom stereocenters. The molecule has 0 amide bonds. The van der Waals surface area contributed by atoms with E-state index in [2.05, 4.69) is 6.92 Å². The van der Waals surface area contributed by atoms with Gasteiger partial charge in [0.25, 0.3) is 0 Å². The maximum absolute atomic E-state index is 14.9. The Morgan fingerprint density at radius 1 is 0.844 bits per heavy atom. The van der Waals surface area contributed by atoms with Gasteiger partial charge in [0, 0.05) is 17.5 Å². The smallest absolute Gasteiger partial charge is 0.400 e. The molecule has 1 fully saturated rings. The third-order valence-electron chi connectivity index (χ3n) is 9.09. The van der Waals surface area contributed by atoms with Crippen LogP contribution in [0.2, 0.25) is 0 Å². The standard InChI is InChI=1S/C38H56F2N2O3/c1-2-3-4-11-14-30-16-22-33(23-17-30)38(39,40)45-35-25-18-31(19-26-35)20-27-37(43)44-28-13-10-8-6-5-7-9-12-15-32-21-24-34(41)29-36(32)42/h18-21,24-27,29-30,33H,2-17,22-23,28,41-42H2,1H3/b27-20+. The first-order valence-electron chi connectivity index (χ1n) is 17.4. The van der Waals surface area contributed by atoms with Crippen molar-refractivity contribution >= 4 is 23.4 Å². The van der Waals surface area contributed by atoms with E-state index in [0.29, 0.717) is 31.1 Å². The van der Waals surface area contributed by atoms with Gasteiger partial charge in [-0.15, -0.1) is 0 Å². The second kappa shape index (κ2) is 20.1. The summed E-state index contributed by atoms with van der Waals surface area (Å²) in [6.07, 6.45) is 18.6. The molecule has 5 nitrogen and oxygen atoms in total. The number of carbonyl (C=O) groups is 1. The Balaban J connectivity index is 1.21. The molecular weight excluding hydrogens is 570 g/mol. The fourth-order valence-electron chi connectivity index (χ4n) is 6.24. The molecule has 0 bridgehead atoms. The van der Waals surface area contributed by atoms with Crippen molar-refractivity contribution in [2.75, 3.05) is 18.1 Å². The molecule has 0 aliphatic heterocycles. The van der Waals surface area contributed by atoms with Crippen molar-refractivity contribution in [3.63, 3.8) is 0 Å². The van der Waals surface area contributed by atoms with Crippen molar-refractivity contribution in [2.45, 2.75) is 129 Å². The molecule has 0 heterocycles. The second-order valence-electron chi connectivity index (χ2n) is 12.8. The van der Waals surface area contributed by atoms with Crippen LogP contribution in [0.25, 0.3) is 6.08 Å². The van der Waals surface area contributed by atoms with Gasteiger partial charge in [-0.25, -0.2) is 4.79 Å². The van der Waals surface area contributed by atoms with E-state index in [1.165, 1.54) is 75.1 Å². The summed E-state index contributed by atoms with van der Waals surface area (Å²) in [7, 11) is 0. The van der Waals surface area contributed by atoms with Crippen LogP contribution >= 0.6 is 0 Å². The molecule has 0 unspecified atom stereocenters. The Bertz CT molecular complexity index is 1140. The molecular formula is C38H56F2N2O3. The first kappa shape index (κ1) is 36.4. The molecule has 45 heavy (non-hydrogen) atoms. The molecule has 0 saturated heterocycles. The molecule has 1 saturated carbocycles. The first-order valence-corrected chi connectivity index (χ1v) is 17.4. The van der Waals surface area contributed by atoms with E-state index in [1.807, 2.05) is 18.2 Å². The van der Waals surface area contributed by atoms with Gasteiger partial charge in [0.05, 0.1) is 12.5 Å². The SMILES string of the molecule is CCCCCCC1CCC(C(F)(F)Oc2ccc(/C=C/C(=O)OCCCCCCCCCCc3ccc(N)cc3N)cc2)CC1. The number of hydrogen-bond donors (Lipinski definition) is 2. The van der Waals surface area contributed by atoms with Gasteiger partial charge < -0.3 is 20.9 Å². The molecule has 250 valence electrons. The lowest BCUT2D eigenvalue weighted by molar-refractivity contribution is -0.223. The van der Waals surface area contributed by atoms with Crippen molar-refractivity contribution < 1.29 is 23.0 Å². The van der Waals surface area contributed by atoms with Gasteiger partial charge >= 0.3 is 12.1 Å². The lowest BCUT2D eigenvalue weighted by Crippen LogP contribution is -2.37. The number of nitrogens with two attached hydrogens (primary N) is 2. The van der Waals surface area contributed by atoms with E-state index in [4.69, 9.17) is 20.9 Å². The van der Waals surface area contributed by atoms with Gasteiger partial charge in [-0.05, 0) is 92.3 Å². The summed E-state index contributed by atoms with van der Waals surface area (Å²) < 4.78 is 40.2. The van der Waals surface area contributed by atoms with Gasteiger partial charge in [0.2, 0.25) is 0 Å². The zero-order valence-corrected chi connectivity index (χ0v) is 27.4. The number of benzene rings is 2. The summed E-state index contributed by atoms with van der Waals surface area (Å²) in [6, 6.07) is 12.2. The van der Waals surface area contributed by atoms with Crippen molar-refractivity contribution in [1.82, 2.24) is 0 Å². The lowest BCUT2D eigenvalue weighted by Gasteiger charge is -2.33. The molecule has 3 rings (SSSR count). The van der Waals surface area contributed by atoms with Crippen LogP contribution in [0.15, 0.2) is 48.5 Å². The van der Waals surface area contributed by atoms with E-state index in [1.54, 1.807) is 18.2 Å². The number of carbonyl (C=O) groups excluding carboxylic acids is 1. The lowest BCUT2D eigenvalue weighted by atomic mass is 9.79. The van der Waals surface area contributed by atoms with E-state index in [0.717, 1.165) is 62.6 Å². The predicted octanol–water partition coefficient (Wildman–Crippen LogP) is 10.5. The number of nitrogen functional groups attached to an aromatic ring is 2. The third kappa shape index (κ3) is 14.3. The molecule has 1 aliphatic rings. The number of esters is 1. The van der Waals surface area contributed by atoms with Crippen molar-refractivity contribution in [3.05, 3.63) is 59.7 Å². The molecule has 7 heteroatoms. The molecule has 0 radical (unpaired) electrons. The van der Waals surface area contributed by atoms with E-state index < -0.39 is 18.0 Å². The monoisotopic (exact) mass is 626 g/mol. The highest BCUT2D eigenvalue weighted by atomic mass is 19.3. The maximum Gasteiger partial charge on any atom is 0.400 e. The third-order valence-corrected chi connectivity index (χ3v) is 9.09. The highest BCUT2D eigenvalue weighted by Crippen LogP contribution is 2.41. The largest absolute Gasteiger partial charge is 0.463 e. The molecule has 2 aromatic rings. The van der Waals surface area contributed by atoms with E-state index in [-0.39, 0.29) is 5.75 Å². The summed E-state index contributed by atoms with van der Waals surface area (Å²) in [5.74, 6) is -0.420. The van der Waals surface area contributed by atoms with Crippen LogP contribution in [-0.2, 0) is 16.0 Å². The molecule has 1 aliphatic carbocycles. The molecule has 0 aromatic heterocycles. The van der Waals surface area contributed by atoms with Crippen LogP contribution < -0.4 is 16.2 Å². The minimum Gasteiger partial charge on any atom is -0.463 e. The fraction of sp³-hybridized carbons (Fsp3) is 0.605. The minimum absolute atomic E-state index is 0.143. The Morgan fingerprint density at radius 3 is 2.16 bits per heavy atom. The Kier molecular flexibility index (Phi) is 16.3. The Hall–Kier alpha value is -3.09. The van der Waals surface area contributed by atoms with Gasteiger partial charge in [0.1, 0.15) is 5.75 Å². The summed E-state index contributed by atoms with van der Waals surface area (Å²) >= 11 is 0. The van der Waals surface area contributed by atoms with Crippen LogP contribution in [0, 0.1) is 11.8 Å². The number of unbranched alkanes of at least 4 members (excludes halogenated alkanes) is 10. The predicted molar refractivity (Wildman–Crippen MR) is 182 cm³/mol. The van der Waals surface area contributed by atoms with Crippen molar-refractivity contribution in [1.29, 1.82) is 0 Å². The van der Waals surface area contributed by atoms with Gasteiger partial charge in [-0.3, -0.25) is 0 Å².